The Hall–Kier alpha value is -1.72. The van der Waals surface area contributed by atoms with Crippen molar-refractivity contribution in [2.75, 3.05) is 7.05 Å². The molecule has 20 heavy (non-hydrogen) atoms. The fourth-order valence-corrected chi connectivity index (χ4v) is 3.23. The quantitative estimate of drug-likeness (QED) is 0.784. The molecule has 0 aliphatic heterocycles. The number of thiophene rings is 1. The van der Waals surface area contributed by atoms with E-state index in [9.17, 15) is 0 Å². The van der Waals surface area contributed by atoms with E-state index in [2.05, 4.69) is 39.1 Å². The van der Waals surface area contributed by atoms with Crippen molar-refractivity contribution < 1.29 is 0 Å². The summed E-state index contributed by atoms with van der Waals surface area (Å²) in [5, 5.41) is 9.69. The summed E-state index contributed by atoms with van der Waals surface area (Å²) in [4.78, 5) is 4.52. The second-order valence-electron chi connectivity index (χ2n) is 4.97. The Morgan fingerprint density at radius 3 is 3.05 bits per heavy atom. The smallest absolute Gasteiger partial charge is 0.0809 e. The maximum atomic E-state index is 4.52. The van der Waals surface area contributed by atoms with Crippen LogP contribution in [0.3, 0.4) is 0 Å². The van der Waals surface area contributed by atoms with Gasteiger partial charge in [0.15, 0.2) is 0 Å². The molecule has 3 aromatic rings. The number of aromatic nitrogens is 3. The van der Waals surface area contributed by atoms with Gasteiger partial charge in [0.25, 0.3) is 0 Å². The first kappa shape index (κ1) is 13.3. The Kier molecular flexibility index (Phi) is 3.80. The molecule has 0 amide bonds. The minimum Gasteiger partial charge on any atom is -0.313 e. The normalized spacial score (nSPS) is 12.9. The van der Waals surface area contributed by atoms with Crippen molar-refractivity contribution in [1.29, 1.82) is 0 Å². The topological polar surface area (TPSA) is 42.7 Å². The van der Waals surface area contributed by atoms with Crippen LogP contribution in [0, 0.1) is 0 Å². The highest BCUT2D eigenvalue weighted by Gasteiger charge is 2.11. The molecule has 0 aliphatic carbocycles. The molecule has 0 saturated carbocycles. The first-order valence-electron chi connectivity index (χ1n) is 6.74. The molecule has 0 bridgehead atoms. The standard InChI is InChI=1S/C15H18N4S/c1-16-13(4-3-11-8-18-19(2)10-11)12-7-15-14(17-9-12)5-6-20-15/h5-10,13,16H,3-4H2,1-2H3. The average Bonchev–Trinajstić information content (AvgIpc) is 3.07. The molecule has 5 heteroatoms. The molecule has 4 nitrogen and oxygen atoms in total. The number of fused-ring (bicyclic) bond motifs is 1. The second-order valence-corrected chi connectivity index (χ2v) is 5.92. The summed E-state index contributed by atoms with van der Waals surface area (Å²) in [6.07, 6.45) is 8.06. The van der Waals surface area contributed by atoms with Crippen LogP contribution in [0.2, 0.25) is 0 Å². The minimum absolute atomic E-state index is 0.328. The van der Waals surface area contributed by atoms with Gasteiger partial charge in [0.2, 0.25) is 0 Å². The van der Waals surface area contributed by atoms with E-state index in [1.54, 1.807) is 11.3 Å². The predicted octanol–water partition coefficient (Wildman–Crippen LogP) is 2.92. The minimum atomic E-state index is 0.328. The van der Waals surface area contributed by atoms with Crippen molar-refractivity contribution in [1.82, 2.24) is 20.1 Å². The Balaban J connectivity index is 1.74. The molecule has 0 fully saturated rings. The van der Waals surface area contributed by atoms with Gasteiger partial charge in [-0.2, -0.15) is 5.10 Å². The molecular weight excluding hydrogens is 268 g/mol. The summed E-state index contributed by atoms with van der Waals surface area (Å²) < 4.78 is 3.10. The monoisotopic (exact) mass is 286 g/mol. The van der Waals surface area contributed by atoms with Gasteiger partial charge < -0.3 is 5.32 Å². The predicted molar refractivity (Wildman–Crippen MR) is 82.9 cm³/mol. The molecule has 3 heterocycles. The van der Waals surface area contributed by atoms with Crippen molar-refractivity contribution in [3.05, 3.63) is 47.2 Å². The van der Waals surface area contributed by atoms with E-state index < -0.39 is 0 Å². The first-order chi connectivity index (χ1) is 9.76. The number of nitrogens with one attached hydrogen (secondary N) is 1. The van der Waals surface area contributed by atoms with Gasteiger partial charge in [-0.25, -0.2) is 0 Å². The van der Waals surface area contributed by atoms with E-state index in [1.165, 1.54) is 15.8 Å². The third kappa shape index (κ3) is 2.73. The molecule has 104 valence electrons. The summed E-state index contributed by atoms with van der Waals surface area (Å²) >= 11 is 1.74. The Morgan fingerprint density at radius 1 is 1.40 bits per heavy atom. The summed E-state index contributed by atoms with van der Waals surface area (Å²) in [5.74, 6) is 0. The van der Waals surface area contributed by atoms with Crippen LogP contribution >= 0.6 is 11.3 Å². The lowest BCUT2D eigenvalue weighted by Crippen LogP contribution is -2.17. The number of hydrogen-bond acceptors (Lipinski definition) is 4. The van der Waals surface area contributed by atoms with Crippen molar-refractivity contribution in [2.45, 2.75) is 18.9 Å². The van der Waals surface area contributed by atoms with Gasteiger partial charge in [0.05, 0.1) is 16.4 Å². The molecule has 0 aromatic carbocycles. The summed E-state index contributed by atoms with van der Waals surface area (Å²) in [6.45, 7) is 0. The van der Waals surface area contributed by atoms with Gasteiger partial charge in [0, 0.05) is 25.5 Å². The van der Waals surface area contributed by atoms with E-state index >= 15 is 0 Å². The van der Waals surface area contributed by atoms with Crippen LogP contribution in [0.4, 0.5) is 0 Å². The van der Waals surface area contributed by atoms with Gasteiger partial charge in [-0.05, 0) is 48.5 Å². The van der Waals surface area contributed by atoms with Gasteiger partial charge in [0.1, 0.15) is 0 Å². The number of hydrogen-bond donors (Lipinski definition) is 1. The van der Waals surface area contributed by atoms with Gasteiger partial charge in [-0.1, -0.05) is 0 Å². The highest BCUT2D eigenvalue weighted by molar-refractivity contribution is 7.17. The Morgan fingerprint density at radius 2 is 2.30 bits per heavy atom. The summed E-state index contributed by atoms with van der Waals surface area (Å²) in [6, 6.07) is 4.64. The van der Waals surface area contributed by atoms with Crippen molar-refractivity contribution in [3.8, 4) is 0 Å². The molecule has 1 atom stereocenters. The maximum Gasteiger partial charge on any atom is 0.0809 e. The van der Waals surface area contributed by atoms with Gasteiger partial charge in [-0.15, -0.1) is 11.3 Å². The van der Waals surface area contributed by atoms with E-state index in [1.807, 2.05) is 31.2 Å². The third-order valence-electron chi connectivity index (χ3n) is 3.55. The van der Waals surface area contributed by atoms with Gasteiger partial charge >= 0.3 is 0 Å². The SMILES string of the molecule is CNC(CCc1cnn(C)c1)c1cnc2ccsc2c1. The fourth-order valence-electron chi connectivity index (χ4n) is 2.44. The lowest BCUT2D eigenvalue weighted by molar-refractivity contribution is 0.548. The van der Waals surface area contributed by atoms with Crippen LogP contribution in [-0.4, -0.2) is 21.8 Å². The summed E-state index contributed by atoms with van der Waals surface area (Å²) in [5.41, 5.74) is 3.62. The average molecular weight is 286 g/mol. The zero-order valence-corrected chi connectivity index (χ0v) is 12.5. The maximum absolute atomic E-state index is 4.52. The molecule has 3 rings (SSSR count). The third-order valence-corrected chi connectivity index (χ3v) is 4.41. The van der Waals surface area contributed by atoms with Crippen molar-refractivity contribution in [3.63, 3.8) is 0 Å². The number of nitrogens with zero attached hydrogens (tertiary/aromatic N) is 3. The van der Waals surface area contributed by atoms with E-state index in [0.717, 1.165) is 18.4 Å². The molecule has 3 aromatic heterocycles. The van der Waals surface area contributed by atoms with E-state index in [0.29, 0.717) is 6.04 Å². The lowest BCUT2D eigenvalue weighted by Gasteiger charge is -2.15. The van der Waals surface area contributed by atoms with Crippen LogP contribution in [-0.2, 0) is 13.5 Å². The number of rotatable bonds is 5. The Labute approximate surface area is 122 Å². The molecule has 1 N–H and O–H groups in total. The van der Waals surface area contributed by atoms with Crippen molar-refractivity contribution >= 4 is 21.6 Å². The van der Waals surface area contributed by atoms with Crippen LogP contribution in [0.25, 0.3) is 10.2 Å². The number of aryl methyl sites for hydroxylation is 2. The number of pyridine rings is 1. The highest BCUT2D eigenvalue weighted by Crippen LogP contribution is 2.24. The van der Waals surface area contributed by atoms with Crippen LogP contribution in [0.5, 0.6) is 0 Å². The molecule has 0 radical (unpaired) electrons. The van der Waals surface area contributed by atoms with Crippen LogP contribution < -0.4 is 5.32 Å². The highest BCUT2D eigenvalue weighted by atomic mass is 32.1. The van der Waals surface area contributed by atoms with Crippen LogP contribution in [0.15, 0.2) is 36.1 Å². The van der Waals surface area contributed by atoms with Crippen molar-refractivity contribution in [2.24, 2.45) is 7.05 Å². The van der Waals surface area contributed by atoms with E-state index in [-0.39, 0.29) is 0 Å². The zero-order chi connectivity index (χ0) is 13.9. The van der Waals surface area contributed by atoms with Gasteiger partial charge in [-0.3, -0.25) is 9.67 Å². The zero-order valence-electron chi connectivity index (χ0n) is 11.7. The second kappa shape index (κ2) is 5.73. The van der Waals surface area contributed by atoms with Crippen LogP contribution in [0.1, 0.15) is 23.6 Å². The molecule has 0 spiro atoms. The first-order valence-corrected chi connectivity index (χ1v) is 7.62. The molecule has 0 aliphatic rings. The Bertz CT molecular complexity index is 701. The molecule has 0 saturated heterocycles. The molecular formula is C15H18N4S. The molecule has 1 unspecified atom stereocenters. The fraction of sp³-hybridized carbons (Fsp3) is 0.333. The summed E-state index contributed by atoms with van der Waals surface area (Å²) in [7, 11) is 3.96. The van der Waals surface area contributed by atoms with E-state index in [4.69, 9.17) is 0 Å². The lowest BCUT2D eigenvalue weighted by atomic mass is 10.0. The largest absolute Gasteiger partial charge is 0.313 e.